The topological polar surface area (TPSA) is 126 Å². The Labute approximate surface area is 333 Å². The second-order valence-corrected chi connectivity index (χ2v) is 14.5. The van der Waals surface area contributed by atoms with Crippen LogP contribution in [0.4, 0.5) is 11.4 Å². The Morgan fingerprint density at radius 2 is 1.30 bits per heavy atom. The molecule has 57 heavy (non-hydrogen) atoms. The number of rotatable bonds is 5. The molecule has 0 saturated carbocycles. The Bertz CT molecular complexity index is 2640. The maximum absolute atomic E-state index is 13.1. The first-order valence-electron chi connectivity index (χ1n) is 19.2. The van der Waals surface area contributed by atoms with E-state index in [-0.39, 0.29) is 14.3 Å². The normalized spacial score (nSPS) is 14.1. The van der Waals surface area contributed by atoms with E-state index in [4.69, 9.17) is 4.74 Å². The van der Waals surface area contributed by atoms with Gasteiger partial charge in [-0.15, -0.1) is 0 Å². The van der Waals surface area contributed by atoms with E-state index >= 15 is 0 Å². The molecular weight excluding hydrogens is 711 g/mol. The van der Waals surface area contributed by atoms with Gasteiger partial charge in [-0.05, 0) is 66.6 Å². The zero-order valence-corrected chi connectivity index (χ0v) is 32.2. The van der Waals surface area contributed by atoms with Gasteiger partial charge in [0, 0.05) is 137 Å². The number of hydrogen-bond donors (Lipinski definition) is 2. The van der Waals surface area contributed by atoms with Gasteiger partial charge in [-0.2, -0.15) is 10.2 Å². The Balaban J connectivity index is 0.000000140. The van der Waals surface area contributed by atoms with Crippen LogP contribution in [0, 0.1) is 0 Å². The molecule has 2 aromatic carbocycles. The third kappa shape index (κ3) is 7.70. The number of benzene rings is 2. The average molecular weight is 756 g/mol. The second-order valence-electron chi connectivity index (χ2n) is 14.5. The number of hydrogen-bond acceptors (Lipinski definition) is 7. The average Bonchev–Trinajstić information content (AvgIpc) is 4.08. The first kappa shape index (κ1) is 37.5. The van der Waals surface area contributed by atoms with Crippen molar-refractivity contribution >= 4 is 47.8 Å². The minimum absolute atomic E-state index is 0. The highest BCUT2D eigenvalue weighted by Crippen LogP contribution is 2.33. The van der Waals surface area contributed by atoms with Crippen molar-refractivity contribution in [1.29, 1.82) is 0 Å². The predicted molar refractivity (Wildman–Crippen MR) is 225 cm³/mol. The molecule has 0 unspecified atom stereocenters. The van der Waals surface area contributed by atoms with E-state index < -0.39 is 0 Å². The van der Waals surface area contributed by atoms with Gasteiger partial charge in [-0.1, -0.05) is 36.4 Å². The molecule has 12 nitrogen and oxygen atoms in total. The molecule has 1 amide bonds. The number of ether oxygens (including phenoxy) is 1. The lowest BCUT2D eigenvalue weighted by atomic mass is 10.1. The quantitative estimate of drug-likeness (QED) is 0.180. The molecular formula is C44H44BN10O2. The summed E-state index contributed by atoms with van der Waals surface area (Å²) in [6.45, 7) is 4.66. The molecule has 1 fully saturated rings. The van der Waals surface area contributed by atoms with Crippen molar-refractivity contribution in [2.75, 3.05) is 36.1 Å². The summed E-state index contributed by atoms with van der Waals surface area (Å²) < 4.78 is 8.53. The van der Waals surface area contributed by atoms with Crippen LogP contribution in [0.1, 0.15) is 39.9 Å². The molecule has 0 bridgehead atoms. The lowest BCUT2D eigenvalue weighted by Crippen LogP contribution is -2.28. The fourth-order valence-electron chi connectivity index (χ4n) is 7.86. The minimum atomic E-state index is -0.0114. The molecule has 285 valence electrons. The number of para-hydroxylation sites is 2. The van der Waals surface area contributed by atoms with E-state index in [0.717, 1.165) is 89.2 Å². The molecule has 1 saturated heterocycles. The number of H-pyrrole nitrogens is 2. The summed E-state index contributed by atoms with van der Waals surface area (Å²) in [5.74, 6) is -0.0114. The lowest BCUT2D eigenvalue weighted by Gasteiger charge is -2.19. The van der Waals surface area contributed by atoms with Gasteiger partial charge in [0.05, 0.1) is 18.0 Å². The van der Waals surface area contributed by atoms with Gasteiger partial charge in [0.25, 0.3) is 5.91 Å². The van der Waals surface area contributed by atoms with Crippen LogP contribution in [0.5, 0.6) is 0 Å². The highest BCUT2D eigenvalue weighted by molar-refractivity contribution is 6.09. The SMILES string of the molecule is C1CCOC1.Cn1cc(-c2c[nH]c3ncc(C(=O)N4CCc5ccccc54)cc23)cn1.Cn1cc(-c2c[nH]c3ncc(CN4CCc5ccccc54)cc23)cn1.[B]. The van der Waals surface area contributed by atoms with Gasteiger partial charge < -0.3 is 24.5 Å². The van der Waals surface area contributed by atoms with E-state index in [1.54, 1.807) is 10.9 Å². The smallest absolute Gasteiger partial charge is 0.259 e. The molecule has 0 spiro atoms. The van der Waals surface area contributed by atoms with Crippen molar-refractivity contribution in [1.82, 2.24) is 39.5 Å². The van der Waals surface area contributed by atoms with Crippen molar-refractivity contribution in [3.05, 3.63) is 132 Å². The maximum atomic E-state index is 13.1. The summed E-state index contributed by atoms with van der Waals surface area (Å²) in [6.07, 6.45) is 19.8. The van der Waals surface area contributed by atoms with Gasteiger partial charge in [0.2, 0.25) is 0 Å². The Kier molecular flexibility index (Phi) is 10.7. The molecule has 13 heteroatoms. The van der Waals surface area contributed by atoms with E-state index in [9.17, 15) is 4.79 Å². The molecule has 9 heterocycles. The fraction of sp³-hybridized carbons (Fsp3) is 0.250. The van der Waals surface area contributed by atoms with Gasteiger partial charge in [0.15, 0.2) is 0 Å². The van der Waals surface area contributed by atoms with Crippen molar-refractivity contribution in [2.24, 2.45) is 14.1 Å². The maximum Gasteiger partial charge on any atom is 0.259 e. The van der Waals surface area contributed by atoms with Crippen LogP contribution in [0.3, 0.4) is 0 Å². The van der Waals surface area contributed by atoms with Crippen molar-refractivity contribution < 1.29 is 9.53 Å². The van der Waals surface area contributed by atoms with Gasteiger partial charge in [-0.3, -0.25) is 14.2 Å². The van der Waals surface area contributed by atoms with Gasteiger partial charge in [0.1, 0.15) is 11.3 Å². The van der Waals surface area contributed by atoms with Crippen LogP contribution in [-0.4, -0.2) is 80.1 Å². The first-order valence-corrected chi connectivity index (χ1v) is 19.2. The summed E-state index contributed by atoms with van der Waals surface area (Å²) in [6, 6.07) is 20.9. The molecule has 3 aliphatic heterocycles. The largest absolute Gasteiger partial charge is 0.381 e. The van der Waals surface area contributed by atoms with Crippen molar-refractivity contribution in [3.63, 3.8) is 0 Å². The zero-order valence-electron chi connectivity index (χ0n) is 32.2. The number of nitrogens with zero attached hydrogens (tertiary/aromatic N) is 8. The van der Waals surface area contributed by atoms with Crippen molar-refractivity contribution in [2.45, 2.75) is 32.2 Å². The number of carbonyl (C=O) groups excluding carboxylic acids is 1. The van der Waals surface area contributed by atoms with Crippen LogP contribution in [0.15, 0.2) is 110 Å². The molecule has 6 aromatic heterocycles. The molecule has 3 radical (unpaired) electrons. The van der Waals surface area contributed by atoms with Crippen molar-refractivity contribution in [3.8, 4) is 22.3 Å². The summed E-state index contributed by atoms with van der Waals surface area (Å²) in [5, 5.41) is 10.6. The third-order valence-electron chi connectivity index (χ3n) is 10.7. The number of amides is 1. The highest BCUT2D eigenvalue weighted by Gasteiger charge is 2.26. The van der Waals surface area contributed by atoms with Gasteiger partial charge in [-0.25, -0.2) is 9.97 Å². The van der Waals surface area contributed by atoms with Crippen LogP contribution in [-0.2, 0) is 38.2 Å². The number of carbonyl (C=O) groups is 1. The molecule has 0 aliphatic carbocycles. The molecule has 2 N–H and O–H groups in total. The zero-order chi connectivity index (χ0) is 38.0. The summed E-state index contributed by atoms with van der Waals surface area (Å²) in [7, 11) is 3.82. The molecule has 8 aromatic rings. The first-order chi connectivity index (χ1) is 27.5. The molecule has 11 rings (SSSR count). The number of pyridine rings is 2. The van der Waals surface area contributed by atoms with Gasteiger partial charge >= 0.3 is 0 Å². The monoisotopic (exact) mass is 755 g/mol. The Morgan fingerprint density at radius 3 is 1.91 bits per heavy atom. The third-order valence-corrected chi connectivity index (χ3v) is 10.7. The van der Waals surface area contributed by atoms with Crippen LogP contribution >= 0.6 is 0 Å². The Hall–Kier alpha value is -6.47. The number of anilines is 2. The number of fused-ring (bicyclic) bond motifs is 4. The van der Waals surface area contributed by atoms with Crippen LogP contribution in [0.2, 0.25) is 0 Å². The fourth-order valence-corrected chi connectivity index (χ4v) is 7.86. The molecule has 0 atom stereocenters. The van der Waals surface area contributed by atoms with Crippen LogP contribution in [0.25, 0.3) is 44.3 Å². The molecule has 3 aliphatic rings. The number of aromatic amines is 2. The predicted octanol–water partition coefficient (Wildman–Crippen LogP) is 7.11. The van der Waals surface area contributed by atoms with E-state index in [0.29, 0.717) is 12.1 Å². The number of aromatic nitrogens is 8. The van der Waals surface area contributed by atoms with E-state index in [1.165, 1.54) is 35.2 Å². The van der Waals surface area contributed by atoms with Crippen LogP contribution < -0.4 is 9.80 Å². The minimum Gasteiger partial charge on any atom is -0.381 e. The highest BCUT2D eigenvalue weighted by atomic mass is 16.5. The summed E-state index contributed by atoms with van der Waals surface area (Å²) in [5.41, 5.74) is 12.8. The number of aryl methyl sites for hydroxylation is 2. The lowest BCUT2D eigenvalue weighted by molar-refractivity contribution is 0.0989. The summed E-state index contributed by atoms with van der Waals surface area (Å²) >= 11 is 0. The summed E-state index contributed by atoms with van der Waals surface area (Å²) in [4.78, 5) is 32.9. The standard InChI is InChI=1S/C20H17N5O.C20H19N5.C4H8O.B/c1-24-12-15(10-23-24)17-11-22-19-16(17)8-14(9-21-19)20(26)25-7-6-13-4-2-3-5-18(13)25;1-24-13-16(10-23-24)18-11-22-20-17(18)8-14(9-21-20)12-25-7-6-15-4-2-3-5-19(15)25;1-2-4-5-3-1;/h2-5,8-12H,6-7H2,1H3,(H,21,22);2-5,8-11,13H,6-7,12H2,1H3,(H,21,22);1-4H2;. The van der Waals surface area contributed by atoms with E-state index in [1.807, 2.05) is 91.3 Å². The Morgan fingerprint density at radius 1 is 0.719 bits per heavy atom. The number of nitrogens with one attached hydrogen (secondary N) is 2. The second kappa shape index (κ2) is 16.3. The van der Waals surface area contributed by atoms with E-state index in [2.05, 4.69) is 71.4 Å².